The summed E-state index contributed by atoms with van der Waals surface area (Å²) in [4.78, 5) is 16.1. The number of benzene rings is 1. The fourth-order valence-electron chi connectivity index (χ4n) is 3.69. The van der Waals surface area contributed by atoms with Gasteiger partial charge in [-0.15, -0.1) is 5.10 Å². The maximum Gasteiger partial charge on any atom is 0.255 e. The highest BCUT2D eigenvalue weighted by Gasteiger charge is 2.21. The van der Waals surface area contributed by atoms with Crippen LogP contribution in [0.3, 0.4) is 0 Å². The van der Waals surface area contributed by atoms with Gasteiger partial charge in [-0.2, -0.15) is 9.50 Å². The van der Waals surface area contributed by atoms with Crippen LogP contribution in [0.15, 0.2) is 60.9 Å². The van der Waals surface area contributed by atoms with Crippen molar-refractivity contribution in [3.8, 4) is 22.6 Å². The van der Waals surface area contributed by atoms with Gasteiger partial charge >= 0.3 is 0 Å². The molecule has 5 rings (SSSR count). The summed E-state index contributed by atoms with van der Waals surface area (Å²) < 4.78 is 1.88. The van der Waals surface area contributed by atoms with E-state index in [4.69, 9.17) is 15.1 Å². The molecular formula is C22H22N6. The number of pyridine rings is 1. The smallest absolute Gasteiger partial charge is 0.255 e. The van der Waals surface area contributed by atoms with Crippen molar-refractivity contribution >= 4 is 11.6 Å². The summed E-state index contributed by atoms with van der Waals surface area (Å²) in [6, 6.07) is 16.3. The molecule has 0 spiro atoms. The summed E-state index contributed by atoms with van der Waals surface area (Å²) >= 11 is 0. The highest BCUT2D eigenvalue weighted by Crippen LogP contribution is 2.28. The third-order valence-corrected chi connectivity index (χ3v) is 5.39. The van der Waals surface area contributed by atoms with E-state index < -0.39 is 0 Å². The number of fused-ring (bicyclic) bond motifs is 1. The minimum absolute atomic E-state index is 0.619. The van der Waals surface area contributed by atoms with Gasteiger partial charge in [0, 0.05) is 42.7 Å². The Morgan fingerprint density at radius 1 is 0.929 bits per heavy atom. The molecule has 0 unspecified atom stereocenters. The van der Waals surface area contributed by atoms with E-state index >= 15 is 0 Å². The van der Waals surface area contributed by atoms with Gasteiger partial charge in [-0.1, -0.05) is 37.3 Å². The number of rotatable bonds is 3. The molecule has 0 amide bonds. The van der Waals surface area contributed by atoms with Crippen molar-refractivity contribution in [2.24, 2.45) is 5.92 Å². The van der Waals surface area contributed by atoms with Gasteiger partial charge in [0.15, 0.2) is 5.82 Å². The first-order chi connectivity index (χ1) is 13.8. The molecule has 1 aromatic carbocycles. The van der Waals surface area contributed by atoms with Crippen LogP contribution in [0.2, 0.25) is 0 Å². The Balaban J connectivity index is 1.67. The molecule has 6 heteroatoms. The second kappa shape index (κ2) is 7.03. The van der Waals surface area contributed by atoms with Gasteiger partial charge in [-0.3, -0.25) is 4.98 Å². The van der Waals surface area contributed by atoms with Gasteiger partial charge in [-0.05, 0) is 30.9 Å². The van der Waals surface area contributed by atoms with Crippen LogP contribution in [0.1, 0.15) is 19.8 Å². The predicted molar refractivity (Wildman–Crippen MR) is 110 cm³/mol. The molecular weight excluding hydrogens is 348 g/mol. The summed E-state index contributed by atoms with van der Waals surface area (Å²) in [5.74, 6) is 3.09. The number of anilines is 1. The minimum atomic E-state index is 0.619. The van der Waals surface area contributed by atoms with Crippen LogP contribution in [-0.2, 0) is 0 Å². The third kappa shape index (κ3) is 3.11. The van der Waals surface area contributed by atoms with Crippen LogP contribution in [0.5, 0.6) is 0 Å². The van der Waals surface area contributed by atoms with Gasteiger partial charge in [0.25, 0.3) is 5.78 Å². The predicted octanol–water partition coefficient (Wildman–Crippen LogP) is 4.09. The first-order valence-electron chi connectivity index (χ1n) is 9.76. The van der Waals surface area contributed by atoms with E-state index in [9.17, 15) is 0 Å². The number of piperidine rings is 1. The van der Waals surface area contributed by atoms with Crippen LogP contribution < -0.4 is 4.90 Å². The van der Waals surface area contributed by atoms with E-state index in [0.29, 0.717) is 11.6 Å². The lowest BCUT2D eigenvalue weighted by Crippen LogP contribution is -2.34. The van der Waals surface area contributed by atoms with Gasteiger partial charge in [0.05, 0.1) is 5.69 Å². The molecule has 0 N–H and O–H groups in total. The van der Waals surface area contributed by atoms with Crippen LogP contribution in [0, 0.1) is 5.92 Å². The van der Waals surface area contributed by atoms with Crippen molar-refractivity contribution in [2.75, 3.05) is 18.0 Å². The standard InChI is InChI=1S/C22H22N6/c1-16-9-12-27(13-10-16)20-14-19(17-6-3-2-4-7-17)24-22-25-21(26-28(20)22)18-8-5-11-23-15-18/h2-8,11,14-16H,9-10,12-13H2,1H3. The van der Waals surface area contributed by atoms with Crippen LogP contribution in [0.25, 0.3) is 28.4 Å². The van der Waals surface area contributed by atoms with Gasteiger partial charge in [0.1, 0.15) is 5.82 Å². The number of aromatic nitrogens is 5. The van der Waals surface area contributed by atoms with Crippen molar-refractivity contribution in [3.05, 3.63) is 60.9 Å². The molecule has 1 fully saturated rings. The first-order valence-corrected chi connectivity index (χ1v) is 9.76. The highest BCUT2D eigenvalue weighted by molar-refractivity contribution is 5.67. The van der Waals surface area contributed by atoms with Gasteiger partial charge < -0.3 is 4.90 Å². The van der Waals surface area contributed by atoms with Crippen LogP contribution in [0.4, 0.5) is 5.82 Å². The largest absolute Gasteiger partial charge is 0.356 e. The average Bonchev–Trinajstić information content (AvgIpc) is 3.19. The lowest BCUT2D eigenvalue weighted by Gasteiger charge is -2.32. The highest BCUT2D eigenvalue weighted by atomic mass is 15.4. The number of hydrogen-bond acceptors (Lipinski definition) is 5. The molecule has 0 saturated carbocycles. The molecule has 0 bridgehead atoms. The van der Waals surface area contributed by atoms with E-state index in [1.54, 1.807) is 12.4 Å². The Hall–Kier alpha value is -3.28. The molecule has 3 aromatic heterocycles. The lowest BCUT2D eigenvalue weighted by atomic mass is 9.99. The molecule has 1 aliphatic heterocycles. The van der Waals surface area contributed by atoms with Crippen molar-refractivity contribution in [1.29, 1.82) is 0 Å². The van der Waals surface area contributed by atoms with Crippen LogP contribution >= 0.6 is 0 Å². The Labute approximate surface area is 163 Å². The van der Waals surface area contributed by atoms with Crippen molar-refractivity contribution in [1.82, 2.24) is 24.6 Å². The fourth-order valence-corrected chi connectivity index (χ4v) is 3.69. The number of hydrogen-bond donors (Lipinski definition) is 0. The molecule has 1 saturated heterocycles. The van der Waals surface area contributed by atoms with E-state index in [-0.39, 0.29) is 0 Å². The van der Waals surface area contributed by atoms with Crippen molar-refractivity contribution in [2.45, 2.75) is 19.8 Å². The van der Waals surface area contributed by atoms with E-state index in [1.165, 1.54) is 12.8 Å². The summed E-state index contributed by atoms with van der Waals surface area (Å²) in [5.41, 5.74) is 2.90. The summed E-state index contributed by atoms with van der Waals surface area (Å²) in [7, 11) is 0. The summed E-state index contributed by atoms with van der Waals surface area (Å²) in [6.07, 6.45) is 5.92. The molecule has 4 heterocycles. The topological polar surface area (TPSA) is 59.2 Å². The lowest BCUT2D eigenvalue weighted by molar-refractivity contribution is 0.435. The Morgan fingerprint density at radius 3 is 2.46 bits per heavy atom. The van der Waals surface area contributed by atoms with Gasteiger partial charge in [0.2, 0.25) is 0 Å². The minimum Gasteiger partial charge on any atom is -0.356 e. The summed E-state index contributed by atoms with van der Waals surface area (Å²) in [6.45, 7) is 4.37. The van der Waals surface area contributed by atoms with Crippen molar-refractivity contribution < 1.29 is 0 Å². The quantitative estimate of drug-likeness (QED) is 0.544. The van der Waals surface area contributed by atoms with Crippen molar-refractivity contribution in [3.63, 3.8) is 0 Å². The summed E-state index contributed by atoms with van der Waals surface area (Å²) in [5, 5.41) is 4.77. The average molecular weight is 370 g/mol. The molecule has 140 valence electrons. The first kappa shape index (κ1) is 16.9. The molecule has 0 aliphatic carbocycles. The monoisotopic (exact) mass is 370 g/mol. The molecule has 6 nitrogen and oxygen atoms in total. The Morgan fingerprint density at radius 2 is 1.71 bits per heavy atom. The maximum atomic E-state index is 4.80. The Kier molecular flexibility index (Phi) is 4.24. The van der Waals surface area contributed by atoms with E-state index in [2.05, 4.69) is 35.0 Å². The molecule has 1 aliphatic rings. The zero-order chi connectivity index (χ0) is 18.9. The zero-order valence-electron chi connectivity index (χ0n) is 15.9. The van der Waals surface area contributed by atoms with E-state index in [1.807, 2.05) is 34.8 Å². The normalized spacial score (nSPS) is 15.2. The fraction of sp³-hybridized carbons (Fsp3) is 0.273. The molecule has 0 atom stereocenters. The molecule has 0 radical (unpaired) electrons. The zero-order valence-corrected chi connectivity index (χ0v) is 15.9. The van der Waals surface area contributed by atoms with Gasteiger partial charge in [-0.25, -0.2) is 4.98 Å². The SMILES string of the molecule is CC1CCN(c2cc(-c3ccccc3)nc3nc(-c4cccnc4)nn23)CC1. The molecule has 4 aromatic rings. The number of nitrogens with zero attached hydrogens (tertiary/aromatic N) is 6. The second-order valence-electron chi connectivity index (χ2n) is 7.42. The Bertz CT molecular complexity index is 1080. The maximum absolute atomic E-state index is 4.80. The second-order valence-corrected chi connectivity index (χ2v) is 7.42. The molecule has 28 heavy (non-hydrogen) atoms. The third-order valence-electron chi connectivity index (χ3n) is 5.39. The van der Waals surface area contributed by atoms with Crippen LogP contribution in [-0.4, -0.2) is 37.7 Å². The van der Waals surface area contributed by atoms with E-state index in [0.717, 1.165) is 41.6 Å².